The minimum Gasteiger partial charge on any atom is -0.467 e. The molecule has 0 saturated carbocycles. The van der Waals surface area contributed by atoms with Crippen LogP contribution < -0.4 is 5.32 Å². The van der Waals surface area contributed by atoms with Gasteiger partial charge in [0.15, 0.2) is 0 Å². The van der Waals surface area contributed by atoms with Crippen molar-refractivity contribution in [1.82, 2.24) is 5.32 Å². The van der Waals surface area contributed by atoms with Gasteiger partial charge in [-0.2, -0.15) is 0 Å². The van der Waals surface area contributed by atoms with Crippen molar-refractivity contribution < 1.29 is 19.2 Å². The van der Waals surface area contributed by atoms with Crippen molar-refractivity contribution in [3.8, 4) is 11.8 Å². The number of nitrogens with zero attached hydrogens (tertiary/aromatic N) is 1. The molecule has 1 amide bonds. The predicted molar refractivity (Wildman–Crippen MR) is 88.4 cm³/mol. The summed E-state index contributed by atoms with van der Waals surface area (Å²) in [4.78, 5) is 34.6. The Labute approximate surface area is 140 Å². The first-order valence-corrected chi connectivity index (χ1v) is 7.40. The molecular weight excluding hydrogens is 312 g/mol. The number of nitro benzene ring substituents is 1. The van der Waals surface area contributed by atoms with Gasteiger partial charge in [0, 0.05) is 17.7 Å². The first-order valence-electron chi connectivity index (χ1n) is 7.40. The number of methoxy groups -OCH3 is 1. The van der Waals surface area contributed by atoms with Gasteiger partial charge in [-0.05, 0) is 25.3 Å². The molecule has 7 heteroatoms. The molecule has 0 fully saturated rings. The molecular formula is C17H20N2O5. The number of carbonyl (C=O) groups is 2. The monoisotopic (exact) mass is 332 g/mol. The van der Waals surface area contributed by atoms with Crippen LogP contribution in [0, 0.1) is 27.9 Å². The van der Waals surface area contributed by atoms with E-state index in [1.165, 1.54) is 25.3 Å². The molecule has 1 N–H and O–H groups in total. The maximum absolute atomic E-state index is 12.5. The number of amides is 1. The minimum atomic E-state index is -0.792. The molecule has 1 atom stereocenters. The zero-order valence-electron chi connectivity index (χ0n) is 14.1. The lowest BCUT2D eigenvalue weighted by molar-refractivity contribution is -0.384. The molecule has 24 heavy (non-hydrogen) atoms. The van der Waals surface area contributed by atoms with E-state index in [-0.39, 0.29) is 22.7 Å². The van der Waals surface area contributed by atoms with Crippen LogP contribution in [0.15, 0.2) is 18.2 Å². The SMILES string of the molecule is CC#Cc1cc([N+](=O)[O-])ccc1C(=O)N[C@@H](CC(C)C)C(=O)OC. The zero-order valence-corrected chi connectivity index (χ0v) is 14.1. The van der Waals surface area contributed by atoms with Crippen molar-refractivity contribution in [2.45, 2.75) is 33.2 Å². The molecule has 0 aliphatic rings. The van der Waals surface area contributed by atoms with Crippen LogP contribution in [0.1, 0.15) is 43.1 Å². The summed E-state index contributed by atoms with van der Waals surface area (Å²) < 4.78 is 4.71. The van der Waals surface area contributed by atoms with Crippen molar-refractivity contribution in [2.75, 3.05) is 7.11 Å². The summed E-state index contributed by atoms with van der Waals surface area (Å²) in [6.45, 7) is 5.40. The Hall–Kier alpha value is -2.88. The first kappa shape index (κ1) is 19.2. The lowest BCUT2D eigenvalue weighted by Gasteiger charge is -2.18. The second-order valence-electron chi connectivity index (χ2n) is 5.54. The Kier molecular flexibility index (Phi) is 6.93. The number of non-ortho nitro benzene ring substituents is 1. The summed E-state index contributed by atoms with van der Waals surface area (Å²) in [5.41, 5.74) is 0.251. The molecule has 1 rings (SSSR count). The van der Waals surface area contributed by atoms with E-state index in [1.807, 2.05) is 13.8 Å². The number of nitro groups is 1. The van der Waals surface area contributed by atoms with Gasteiger partial charge in [0.2, 0.25) is 0 Å². The molecule has 0 unspecified atom stereocenters. The molecule has 0 bridgehead atoms. The molecule has 128 valence electrons. The molecule has 7 nitrogen and oxygen atoms in total. The van der Waals surface area contributed by atoms with Crippen LogP contribution >= 0.6 is 0 Å². The van der Waals surface area contributed by atoms with Crippen molar-refractivity contribution in [3.63, 3.8) is 0 Å². The standard InChI is InChI=1S/C17H20N2O5/c1-5-6-12-10-13(19(22)23)7-8-14(12)16(20)18-15(9-11(2)3)17(21)24-4/h7-8,10-11,15H,9H2,1-4H3,(H,18,20)/t15-/m0/s1. The Morgan fingerprint density at radius 3 is 2.54 bits per heavy atom. The van der Waals surface area contributed by atoms with E-state index in [1.54, 1.807) is 6.92 Å². The van der Waals surface area contributed by atoms with Gasteiger partial charge in [-0.25, -0.2) is 4.79 Å². The number of ether oxygens (including phenoxy) is 1. The fourth-order valence-electron chi connectivity index (χ4n) is 2.15. The average Bonchev–Trinajstić information content (AvgIpc) is 2.53. The van der Waals surface area contributed by atoms with E-state index in [9.17, 15) is 19.7 Å². The maximum atomic E-state index is 12.5. The van der Waals surface area contributed by atoms with Gasteiger partial charge in [0.05, 0.1) is 17.6 Å². The highest BCUT2D eigenvalue weighted by Gasteiger charge is 2.24. The summed E-state index contributed by atoms with van der Waals surface area (Å²) in [5.74, 6) is 4.40. The van der Waals surface area contributed by atoms with Gasteiger partial charge in [0.25, 0.3) is 11.6 Å². The molecule has 1 aromatic rings. The second-order valence-corrected chi connectivity index (χ2v) is 5.54. The molecule has 0 radical (unpaired) electrons. The number of carbonyl (C=O) groups excluding carboxylic acids is 2. The van der Waals surface area contributed by atoms with E-state index in [0.717, 1.165) is 0 Å². The van der Waals surface area contributed by atoms with Crippen LogP contribution in [0.2, 0.25) is 0 Å². The normalized spacial score (nSPS) is 11.2. The van der Waals surface area contributed by atoms with Gasteiger partial charge < -0.3 is 10.1 Å². The van der Waals surface area contributed by atoms with E-state index in [0.29, 0.717) is 6.42 Å². The van der Waals surface area contributed by atoms with E-state index >= 15 is 0 Å². The predicted octanol–water partition coefficient (Wildman–Crippen LogP) is 2.28. The number of hydrogen-bond donors (Lipinski definition) is 1. The van der Waals surface area contributed by atoms with Crippen LogP contribution in [0.3, 0.4) is 0 Å². The summed E-state index contributed by atoms with van der Waals surface area (Å²) in [6, 6.07) is 3.00. The van der Waals surface area contributed by atoms with Crippen LogP contribution in [-0.4, -0.2) is 30.0 Å². The summed E-state index contributed by atoms with van der Waals surface area (Å²) >= 11 is 0. The quantitative estimate of drug-likeness (QED) is 0.373. The van der Waals surface area contributed by atoms with Crippen LogP contribution in [-0.2, 0) is 9.53 Å². The first-order chi connectivity index (χ1) is 11.3. The van der Waals surface area contributed by atoms with Crippen LogP contribution in [0.4, 0.5) is 5.69 Å². The van der Waals surface area contributed by atoms with Crippen molar-refractivity contribution >= 4 is 17.6 Å². The molecule has 0 aliphatic heterocycles. The number of nitrogens with one attached hydrogen (secondary N) is 1. The van der Waals surface area contributed by atoms with Crippen LogP contribution in [0.25, 0.3) is 0 Å². The van der Waals surface area contributed by atoms with Gasteiger partial charge in [0.1, 0.15) is 6.04 Å². The third-order valence-corrected chi connectivity index (χ3v) is 3.22. The molecule has 0 aromatic heterocycles. The smallest absolute Gasteiger partial charge is 0.328 e. The number of hydrogen-bond acceptors (Lipinski definition) is 5. The second kappa shape index (κ2) is 8.67. The topological polar surface area (TPSA) is 98.5 Å². The summed E-state index contributed by atoms with van der Waals surface area (Å²) in [5, 5.41) is 13.5. The third-order valence-electron chi connectivity index (χ3n) is 3.22. The molecule has 0 saturated heterocycles. The van der Waals surface area contributed by atoms with Crippen molar-refractivity contribution in [2.24, 2.45) is 5.92 Å². The van der Waals surface area contributed by atoms with Crippen molar-refractivity contribution in [1.29, 1.82) is 0 Å². The van der Waals surface area contributed by atoms with E-state index in [4.69, 9.17) is 4.74 Å². The third kappa shape index (κ3) is 5.09. The number of rotatable bonds is 6. The highest BCUT2D eigenvalue weighted by Crippen LogP contribution is 2.18. The van der Waals surface area contributed by atoms with Gasteiger partial charge in [-0.15, -0.1) is 5.92 Å². The molecule has 0 spiro atoms. The maximum Gasteiger partial charge on any atom is 0.328 e. The molecule has 1 aromatic carbocycles. The van der Waals surface area contributed by atoms with Crippen molar-refractivity contribution in [3.05, 3.63) is 39.4 Å². The lowest BCUT2D eigenvalue weighted by Crippen LogP contribution is -2.42. The fraction of sp³-hybridized carbons (Fsp3) is 0.412. The molecule has 0 aliphatic carbocycles. The fourth-order valence-corrected chi connectivity index (χ4v) is 2.15. The summed E-state index contributed by atoms with van der Waals surface area (Å²) in [7, 11) is 1.25. The highest BCUT2D eigenvalue weighted by atomic mass is 16.6. The van der Waals surface area contributed by atoms with E-state index < -0.39 is 22.8 Å². The Morgan fingerprint density at radius 2 is 2.04 bits per heavy atom. The van der Waals surface area contributed by atoms with E-state index in [2.05, 4.69) is 17.2 Å². The average molecular weight is 332 g/mol. The number of benzene rings is 1. The van der Waals surface area contributed by atoms with Crippen LogP contribution in [0.5, 0.6) is 0 Å². The van der Waals surface area contributed by atoms with Gasteiger partial charge in [-0.1, -0.05) is 19.8 Å². The van der Waals surface area contributed by atoms with Gasteiger partial charge in [-0.3, -0.25) is 14.9 Å². The Bertz CT molecular complexity index is 701. The Morgan fingerprint density at radius 1 is 1.38 bits per heavy atom. The lowest BCUT2D eigenvalue weighted by atomic mass is 10.0. The summed E-state index contributed by atoms with van der Waals surface area (Å²) in [6.07, 6.45) is 0.417. The minimum absolute atomic E-state index is 0.156. The van der Waals surface area contributed by atoms with Gasteiger partial charge >= 0.3 is 5.97 Å². The largest absolute Gasteiger partial charge is 0.467 e. The Balaban J connectivity index is 3.14. The molecule has 0 heterocycles. The zero-order chi connectivity index (χ0) is 18.3. The highest BCUT2D eigenvalue weighted by molar-refractivity contribution is 5.99. The number of esters is 1.